The molecule has 8 heteroatoms. The van der Waals surface area contributed by atoms with E-state index in [-0.39, 0.29) is 5.91 Å². The van der Waals surface area contributed by atoms with Gasteiger partial charge in [-0.25, -0.2) is 0 Å². The molecule has 0 saturated carbocycles. The lowest BCUT2D eigenvalue weighted by molar-refractivity contribution is -0.121. The Balaban J connectivity index is 1.69. The molecule has 0 aliphatic carbocycles. The van der Waals surface area contributed by atoms with Gasteiger partial charge in [-0.05, 0) is 38.0 Å². The normalized spacial score (nSPS) is 15.2. The first-order valence-corrected chi connectivity index (χ1v) is 11.3. The number of halogens is 1. The van der Waals surface area contributed by atoms with E-state index >= 15 is 0 Å². The standard InChI is InChI=1S/C23H33ClN4O3/c1-5-30-11-10-26-8-9-27(23(29)15-26)22-12-18(4)28(25-22)14-19-13-20(24)6-7-21(19)31-16-17(2)3/h6-7,12-13,17H,5,8-11,14-16H2,1-4H3. The predicted octanol–water partition coefficient (Wildman–Crippen LogP) is 3.61. The van der Waals surface area contributed by atoms with Crippen LogP contribution in [0.15, 0.2) is 24.3 Å². The van der Waals surface area contributed by atoms with Crippen LogP contribution >= 0.6 is 11.6 Å². The fourth-order valence-corrected chi connectivity index (χ4v) is 3.70. The smallest absolute Gasteiger partial charge is 0.242 e. The van der Waals surface area contributed by atoms with Crippen LogP contribution in [-0.4, -0.2) is 66.6 Å². The summed E-state index contributed by atoms with van der Waals surface area (Å²) in [5.41, 5.74) is 1.95. The van der Waals surface area contributed by atoms with E-state index < -0.39 is 0 Å². The fraction of sp³-hybridized carbons (Fsp3) is 0.565. The van der Waals surface area contributed by atoms with Crippen LogP contribution in [0.3, 0.4) is 0 Å². The second kappa shape index (κ2) is 11.0. The quantitative estimate of drug-likeness (QED) is 0.519. The van der Waals surface area contributed by atoms with Crippen LogP contribution in [0.2, 0.25) is 5.02 Å². The average Bonchev–Trinajstić information content (AvgIpc) is 3.07. The number of hydrogen-bond acceptors (Lipinski definition) is 5. The maximum absolute atomic E-state index is 12.7. The molecule has 0 spiro atoms. The molecule has 1 saturated heterocycles. The number of carbonyl (C=O) groups excluding carboxylic acids is 1. The highest BCUT2D eigenvalue weighted by Crippen LogP contribution is 2.26. The number of aryl methyl sites for hydroxylation is 1. The van der Waals surface area contributed by atoms with Crippen molar-refractivity contribution in [1.82, 2.24) is 14.7 Å². The molecule has 1 aliphatic rings. The molecule has 31 heavy (non-hydrogen) atoms. The topological polar surface area (TPSA) is 59.8 Å². The number of ether oxygens (including phenoxy) is 2. The number of carbonyl (C=O) groups is 1. The van der Waals surface area contributed by atoms with E-state index in [1.807, 2.05) is 42.8 Å². The molecule has 1 amide bonds. The molecule has 1 aromatic carbocycles. The fourth-order valence-electron chi connectivity index (χ4n) is 3.51. The molecule has 0 radical (unpaired) electrons. The first-order valence-electron chi connectivity index (χ1n) is 10.9. The van der Waals surface area contributed by atoms with Gasteiger partial charge in [0.25, 0.3) is 0 Å². The van der Waals surface area contributed by atoms with E-state index in [4.69, 9.17) is 26.2 Å². The van der Waals surface area contributed by atoms with Gasteiger partial charge in [-0.2, -0.15) is 5.10 Å². The molecule has 0 bridgehead atoms. The third kappa shape index (κ3) is 6.45. The predicted molar refractivity (Wildman–Crippen MR) is 123 cm³/mol. The molecular weight excluding hydrogens is 416 g/mol. The van der Waals surface area contributed by atoms with Crippen molar-refractivity contribution in [3.8, 4) is 5.75 Å². The zero-order chi connectivity index (χ0) is 22.4. The Hall–Kier alpha value is -2.09. The molecule has 0 N–H and O–H groups in total. The molecule has 170 valence electrons. The summed E-state index contributed by atoms with van der Waals surface area (Å²) in [7, 11) is 0. The summed E-state index contributed by atoms with van der Waals surface area (Å²) in [5, 5.41) is 5.39. The van der Waals surface area contributed by atoms with Crippen molar-refractivity contribution in [3.05, 3.63) is 40.5 Å². The lowest BCUT2D eigenvalue weighted by atomic mass is 10.2. The van der Waals surface area contributed by atoms with Gasteiger partial charge in [0.05, 0.1) is 26.3 Å². The number of nitrogens with zero attached hydrogens (tertiary/aromatic N) is 4. The molecule has 2 heterocycles. The van der Waals surface area contributed by atoms with Crippen LogP contribution in [0.5, 0.6) is 5.75 Å². The third-order valence-corrected chi connectivity index (χ3v) is 5.45. The van der Waals surface area contributed by atoms with Crippen molar-refractivity contribution >= 4 is 23.3 Å². The molecular formula is C23H33ClN4O3. The van der Waals surface area contributed by atoms with E-state index in [0.29, 0.717) is 56.2 Å². The number of benzene rings is 1. The van der Waals surface area contributed by atoms with Crippen molar-refractivity contribution in [2.75, 3.05) is 50.9 Å². The number of amides is 1. The zero-order valence-corrected chi connectivity index (χ0v) is 19.7. The second-order valence-corrected chi connectivity index (χ2v) is 8.71. The number of piperazine rings is 1. The molecule has 0 unspecified atom stereocenters. The number of rotatable bonds is 10. The highest BCUT2D eigenvalue weighted by Gasteiger charge is 2.27. The van der Waals surface area contributed by atoms with Crippen molar-refractivity contribution in [2.45, 2.75) is 34.2 Å². The highest BCUT2D eigenvalue weighted by atomic mass is 35.5. The van der Waals surface area contributed by atoms with E-state index in [1.54, 1.807) is 4.90 Å². The summed E-state index contributed by atoms with van der Waals surface area (Å²) in [6, 6.07) is 7.63. The number of aromatic nitrogens is 2. The Morgan fingerprint density at radius 1 is 1.23 bits per heavy atom. The molecule has 1 aromatic heterocycles. The summed E-state index contributed by atoms with van der Waals surface area (Å²) in [4.78, 5) is 16.6. The zero-order valence-electron chi connectivity index (χ0n) is 18.9. The molecule has 1 aliphatic heterocycles. The van der Waals surface area contributed by atoms with E-state index in [9.17, 15) is 4.79 Å². The summed E-state index contributed by atoms with van der Waals surface area (Å²) in [6.07, 6.45) is 0. The van der Waals surface area contributed by atoms with Crippen molar-refractivity contribution in [3.63, 3.8) is 0 Å². The minimum absolute atomic E-state index is 0.0658. The maximum Gasteiger partial charge on any atom is 0.242 e. The summed E-state index contributed by atoms with van der Waals surface area (Å²) in [6.45, 7) is 13.3. The Labute approximate surface area is 189 Å². The van der Waals surface area contributed by atoms with Crippen LogP contribution in [0.4, 0.5) is 5.82 Å². The second-order valence-electron chi connectivity index (χ2n) is 8.28. The van der Waals surface area contributed by atoms with Gasteiger partial charge in [-0.3, -0.25) is 19.3 Å². The van der Waals surface area contributed by atoms with Crippen molar-refractivity contribution in [1.29, 1.82) is 0 Å². The maximum atomic E-state index is 12.7. The lowest BCUT2D eigenvalue weighted by Gasteiger charge is -2.32. The van der Waals surface area contributed by atoms with Crippen LogP contribution < -0.4 is 9.64 Å². The van der Waals surface area contributed by atoms with Gasteiger partial charge in [-0.15, -0.1) is 0 Å². The van der Waals surface area contributed by atoms with Gasteiger partial charge in [0, 0.05) is 48.6 Å². The van der Waals surface area contributed by atoms with Crippen LogP contribution in [0.25, 0.3) is 0 Å². The van der Waals surface area contributed by atoms with E-state index in [0.717, 1.165) is 30.1 Å². The van der Waals surface area contributed by atoms with Crippen LogP contribution in [0.1, 0.15) is 32.0 Å². The van der Waals surface area contributed by atoms with Crippen molar-refractivity contribution < 1.29 is 14.3 Å². The Morgan fingerprint density at radius 2 is 2.03 bits per heavy atom. The third-order valence-electron chi connectivity index (χ3n) is 5.22. The number of anilines is 1. The molecule has 2 aromatic rings. The first kappa shape index (κ1) is 23.6. The van der Waals surface area contributed by atoms with Gasteiger partial charge >= 0.3 is 0 Å². The van der Waals surface area contributed by atoms with E-state index in [2.05, 4.69) is 18.7 Å². The van der Waals surface area contributed by atoms with Gasteiger partial charge in [0.1, 0.15) is 5.75 Å². The molecule has 3 rings (SSSR count). The summed E-state index contributed by atoms with van der Waals surface area (Å²) >= 11 is 6.24. The lowest BCUT2D eigenvalue weighted by Crippen LogP contribution is -2.51. The number of hydrogen-bond donors (Lipinski definition) is 0. The highest BCUT2D eigenvalue weighted by molar-refractivity contribution is 6.30. The average molecular weight is 449 g/mol. The summed E-state index contributed by atoms with van der Waals surface area (Å²) < 4.78 is 13.3. The Bertz CT molecular complexity index is 884. The van der Waals surface area contributed by atoms with Crippen LogP contribution in [-0.2, 0) is 16.1 Å². The monoisotopic (exact) mass is 448 g/mol. The van der Waals surface area contributed by atoms with E-state index in [1.165, 1.54) is 0 Å². The van der Waals surface area contributed by atoms with Gasteiger partial charge < -0.3 is 9.47 Å². The first-order chi connectivity index (χ1) is 14.9. The van der Waals surface area contributed by atoms with Crippen molar-refractivity contribution in [2.24, 2.45) is 5.92 Å². The Kier molecular flexibility index (Phi) is 8.35. The molecule has 1 fully saturated rings. The van der Waals surface area contributed by atoms with Gasteiger partial charge in [-0.1, -0.05) is 25.4 Å². The summed E-state index contributed by atoms with van der Waals surface area (Å²) in [5.74, 6) is 2.00. The minimum atomic E-state index is 0.0658. The SMILES string of the molecule is CCOCCN1CCN(c2cc(C)n(Cc3cc(Cl)ccc3OCC(C)C)n2)C(=O)C1. The largest absolute Gasteiger partial charge is 0.493 e. The molecule has 0 atom stereocenters. The molecule has 7 nitrogen and oxygen atoms in total. The van der Waals surface area contributed by atoms with Gasteiger partial charge in [0.2, 0.25) is 5.91 Å². The minimum Gasteiger partial charge on any atom is -0.493 e. The van der Waals surface area contributed by atoms with Gasteiger partial charge in [0.15, 0.2) is 5.82 Å². The Morgan fingerprint density at radius 3 is 2.74 bits per heavy atom. The van der Waals surface area contributed by atoms with Crippen LogP contribution in [0, 0.1) is 12.8 Å².